The Labute approximate surface area is 191 Å². The van der Waals surface area contributed by atoms with E-state index in [4.69, 9.17) is 5.73 Å². The summed E-state index contributed by atoms with van der Waals surface area (Å²) >= 11 is 0. The Kier molecular flexibility index (Phi) is 5.47. The normalized spacial score (nSPS) is 10.8. The van der Waals surface area contributed by atoms with E-state index in [2.05, 4.69) is 44.1 Å². The Morgan fingerprint density at radius 3 is 2.48 bits per heavy atom. The summed E-state index contributed by atoms with van der Waals surface area (Å²) in [6.07, 6.45) is 6.82. The number of fused-ring (bicyclic) bond motifs is 1. The number of aromatic nitrogens is 3. The van der Waals surface area contributed by atoms with E-state index in [1.807, 2.05) is 60.9 Å². The maximum atomic E-state index is 11.6. The number of amides is 1. The largest absolute Gasteiger partial charge is 0.366 e. The minimum atomic E-state index is -0.513. The lowest BCUT2D eigenvalue weighted by Crippen LogP contribution is -2.17. The number of pyridine rings is 3. The highest BCUT2D eigenvalue weighted by molar-refractivity contribution is 5.97. The van der Waals surface area contributed by atoms with Crippen LogP contribution in [0.3, 0.4) is 0 Å². The van der Waals surface area contributed by atoms with Gasteiger partial charge >= 0.3 is 0 Å². The lowest BCUT2D eigenvalue weighted by molar-refractivity contribution is 0.1000. The first-order valence-electron chi connectivity index (χ1n) is 10.6. The second kappa shape index (κ2) is 8.88. The van der Waals surface area contributed by atoms with Crippen molar-refractivity contribution in [3.63, 3.8) is 0 Å². The molecule has 2 N–H and O–H groups in total. The van der Waals surface area contributed by atoms with Gasteiger partial charge in [0, 0.05) is 41.4 Å². The highest BCUT2D eigenvalue weighted by Crippen LogP contribution is 2.34. The number of primary amides is 1. The maximum absolute atomic E-state index is 11.6. The van der Waals surface area contributed by atoms with Gasteiger partial charge in [-0.05, 0) is 47.9 Å². The summed E-state index contributed by atoms with van der Waals surface area (Å²) in [5, 5.41) is 2.05. The van der Waals surface area contributed by atoms with Gasteiger partial charge < -0.3 is 10.6 Å². The molecular formula is C27H21N5O. The summed E-state index contributed by atoms with van der Waals surface area (Å²) < 4.78 is 0. The fourth-order valence-corrected chi connectivity index (χ4v) is 3.84. The van der Waals surface area contributed by atoms with E-state index in [-0.39, 0.29) is 0 Å². The number of nitrogens with two attached hydrogens (primary N) is 1. The van der Waals surface area contributed by atoms with Crippen LogP contribution in [0.25, 0.3) is 22.0 Å². The van der Waals surface area contributed by atoms with Crippen LogP contribution >= 0.6 is 0 Å². The lowest BCUT2D eigenvalue weighted by Gasteiger charge is -2.26. The topological polar surface area (TPSA) is 85.0 Å². The van der Waals surface area contributed by atoms with Crippen LogP contribution in [0, 0.1) is 0 Å². The minimum Gasteiger partial charge on any atom is -0.366 e. The molecule has 5 rings (SSSR count). The third-order valence-electron chi connectivity index (χ3n) is 5.47. The number of rotatable bonds is 6. The van der Waals surface area contributed by atoms with Gasteiger partial charge in [-0.25, -0.2) is 0 Å². The second-order valence-corrected chi connectivity index (χ2v) is 7.64. The number of para-hydroxylation sites is 1. The zero-order valence-electron chi connectivity index (χ0n) is 17.8. The highest BCUT2D eigenvalue weighted by atomic mass is 16.1. The highest BCUT2D eigenvalue weighted by Gasteiger charge is 2.15. The molecule has 2 aromatic carbocycles. The van der Waals surface area contributed by atoms with Gasteiger partial charge in [-0.2, -0.15) is 0 Å². The first-order valence-corrected chi connectivity index (χ1v) is 10.6. The summed E-state index contributed by atoms with van der Waals surface area (Å²) in [5.74, 6) is -0.513. The fraction of sp³-hybridized carbons (Fsp3) is 0.0370. The Bertz CT molecular complexity index is 1420. The monoisotopic (exact) mass is 431 g/mol. The van der Waals surface area contributed by atoms with Crippen molar-refractivity contribution < 1.29 is 4.79 Å². The third-order valence-corrected chi connectivity index (χ3v) is 5.47. The van der Waals surface area contributed by atoms with Crippen molar-refractivity contribution in [1.82, 2.24) is 15.0 Å². The van der Waals surface area contributed by atoms with E-state index in [1.54, 1.807) is 12.3 Å². The predicted molar refractivity (Wildman–Crippen MR) is 130 cm³/mol. The molecule has 160 valence electrons. The number of benzene rings is 2. The molecule has 3 aromatic heterocycles. The zero-order valence-corrected chi connectivity index (χ0v) is 17.8. The lowest BCUT2D eigenvalue weighted by atomic mass is 10.1. The van der Waals surface area contributed by atoms with Crippen molar-refractivity contribution in [1.29, 1.82) is 0 Å². The summed E-state index contributed by atoms with van der Waals surface area (Å²) in [4.78, 5) is 27.1. The average Bonchev–Trinajstić information content (AvgIpc) is 2.88. The molecular weight excluding hydrogens is 410 g/mol. The van der Waals surface area contributed by atoms with Crippen LogP contribution in [0.2, 0.25) is 0 Å². The number of nitrogens with zero attached hydrogens (tertiary/aromatic N) is 4. The van der Waals surface area contributed by atoms with Crippen LogP contribution in [-0.2, 0) is 6.54 Å². The summed E-state index contributed by atoms with van der Waals surface area (Å²) in [5.41, 5.74) is 10.3. The number of carbonyl (C=O) groups is 1. The third kappa shape index (κ3) is 4.27. The van der Waals surface area contributed by atoms with Gasteiger partial charge in [0.25, 0.3) is 0 Å². The van der Waals surface area contributed by atoms with Crippen LogP contribution in [0.15, 0.2) is 104 Å². The number of anilines is 2. The zero-order chi connectivity index (χ0) is 22.6. The summed E-state index contributed by atoms with van der Waals surface area (Å²) in [6.45, 7) is 0.621. The molecule has 0 bridgehead atoms. The quantitative estimate of drug-likeness (QED) is 0.403. The molecule has 0 spiro atoms. The molecule has 0 saturated heterocycles. The molecule has 0 atom stereocenters. The first kappa shape index (κ1) is 20.3. The molecule has 0 unspecified atom stereocenters. The second-order valence-electron chi connectivity index (χ2n) is 7.64. The van der Waals surface area contributed by atoms with E-state index >= 15 is 0 Å². The SMILES string of the molecule is NC(=O)c1cncc(-c2cc3cccc(N(Cc4ccccn4)c4ccccc4)c3cn2)c1. The molecule has 1 amide bonds. The van der Waals surface area contributed by atoms with E-state index < -0.39 is 5.91 Å². The minimum absolute atomic E-state index is 0.355. The fourth-order valence-electron chi connectivity index (χ4n) is 3.84. The van der Waals surface area contributed by atoms with Gasteiger partial charge in [-0.3, -0.25) is 19.7 Å². The van der Waals surface area contributed by atoms with E-state index in [0.29, 0.717) is 12.1 Å². The molecule has 0 aliphatic carbocycles. The van der Waals surface area contributed by atoms with Crippen molar-refractivity contribution in [3.05, 3.63) is 115 Å². The van der Waals surface area contributed by atoms with Crippen LogP contribution in [0.1, 0.15) is 16.1 Å². The molecule has 0 saturated carbocycles. The molecule has 6 heteroatoms. The first-order chi connectivity index (χ1) is 16.2. The van der Waals surface area contributed by atoms with E-state index in [9.17, 15) is 4.79 Å². The van der Waals surface area contributed by atoms with Gasteiger partial charge in [0.1, 0.15) is 0 Å². The van der Waals surface area contributed by atoms with E-state index in [1.165, 1.54) is 6.20 Å². The van der Waals surface area contributed by atoms with Crippen molar-refractivity contribution in [2.75, 3.05) is 4.90 Å². The van der Waals surface area contributed by atoms with Crippen molar-refractivity contribution >= 4 is 28.1 Å². The van der Waals surface area contributed by atoms with Gasteiger partial charge in [0.2, 0.25) is 5.91 Å². The smallest absolute Gasteiger partial charge is 0.250 e. The molecule has 6 nitrogen and oxygen atoms in total. The predicted octanol–water partition coefficient (Wildman–Crippen LogP) is 5.13. The number of carbonyl (C=O) groups excluding carboxylic acids is 1. The van der Waals surface area contributed by atoms with Gasteiger partial charge in [-0.1, -0.05) is 36.4 Å². The Morgan fingerprint density at radius 1 is 0.848 bits per heavy atom. The number of hydrogen-bond donors (Lipinski definition) is 1. The Balaban J connectivity index is 1.60. The molecule has 0 aliphatic rings. The van der Waals surface area contributed by atoms with Crippen LogP contribution in [-0.4, -0.2) is 20.9 Å². The van der Waals surface area contributed by atoms with Crippen LogP contribution in [0.4, 0.5) is 11.4 Å². The van der Waals surface area contributed by atoms with Gasteiger partial charge in [0.15, 0.2) is 0 Å². The van der Waals surface area contributed by atoms with Crippen LogP contribution in [0.5, 0.6) is 0 Å². The Morgan fingerprint density at radius 2 is 1.70 bits per heavy atom. The van der Waals surface area contributed by atoms with Crippen molar-refractivity contribution in [3.8, 4) is 11.3 Å². The molecule has 3 heterocycles. The van der Waals surface area contributed by atoms with Gasteiger partial charge in [0.05, 0.1) is 29.2 Å². The summed E-state index contributed by atoms with van der Waals surface area (Å²) in [7, 11) is 0. The molecule has 5 aromatic rings. The molecule has 33 heavy (non-hydrogen) atoms. The van der Waals surface area contributed by atoms with E-state index in [0.717, 1.165) is 39.1 Å². The average molecular weight is 431 g/mol. The Hall–Kier alpha value is -4.58. The standard InChI is InChI=1S/C27H21N5O/c28-27(33)21-13-20(15-29-16-21)25-14-19-7-6-11-26(24(19)17-31-25)32(23-9-2-1-3-10-23)18-22-8-4-5-12-30-22/h1-17H,18H2,(H2,28,33). The summed E-state index contributed by atoms with van der Waals surface area (Å²) in [6, 6.07) is 26.1. The molecule has 0 radical (unpaired) electrons. The van der Waals surface area contributed by atoms with Crippen molar-refractivity contribution in [2.45, 2.75) is 6.54 Å². The van der Waals surface area contributed by atoms with Gasteiger partial charge in [-0.15, -0.1) is 0 Å². The molecule has 0 fully saturated rings. The number of hydrogen-bond acceptors (Lipinski definition) is 5. The van der Waals surface area contributed by atoms with Crippen LogP contribution < -0.4 is 10.6 Å². The maximum Gasteiger partial charge on any atom is 0.250 e. The molecule has 0 aliphatic heterocycles. The van der Waals surface area contributed by atoms with Crippen molar-refractivity contribution in [2.24, 2.45) is 5.73 Å².